The van der Waals surface area contributed by atoms with E-state index < -0.39 is 5.54 Å². The second-order valence-corrected chi connectivity index (χ2v) is 6.97. The third kappa shape index (κ3) is 1.92. The number of nitrogens with zero attached hydrogens (tertiary/aromatic N) is 1. The van der Waals surface area contributed by atoms with Crippen molar-refractivity contribution in [3.05, 3.63) is 12.7 Å². The van der Waals surface area contributed by atoms with Crippen molar-refractivity contribution < 1.29 is 9.53 Å². The molecule has 114 valence electrons. The van der Waals surface area contributed by atoms with Crippen molar-refractivity contribution in [3.8, 4) is 0 Å². The number of nitrogens with two attached hydrogens (primary N) is 1. The number of ether oxygens (including phenoxy) is 1. The van der Waals surface area contributed by atoms with E-state index in [2.05, 4.69) is 20.4 Å². The molecule has 0 spiro atoms. The molecule has 3 unspecified atom stereocenters. The maximum atomic E-state index is 13.0. The summed E-state index contributed by atoms with van der Waals surface area (Å²) in [5, 5.41) is 0. The van der Waals surface area contributed by atoms with Gasteiger partial charge < -0.3 is 15.4 Å². The van der Waals surface area contributed by atoms with Crippen LogP contribution in [-0.2, 0) is 9.53 Å². The number of fused-ring (bicyclic) bond motifs is 1. The first kappa shape index (κ1) is 15.5. The average molecular weight is 280 g/mol. The summed E-state index contributed by atoms with van der Waals surface area (Å²) in [6.45, 7) is 13.2. The van der Waals surface area contributed by atoms with Crippen LogP contribution in [0.15, 0.2) is 12.7 Å². The molecule has 0 bridgehead atoms. The lowest BCUT2D eigenvalue weighted by molar-refractivity contribution is -0.230. The molecule has 0 aromatic rings. The Kier molecular flexibility index (Phi) is 4.00. The fourth-order valence-corrected chi connectivity index (χ4v) is 3.91. The minimum Gasteiger partial charge on any atom is -0.377 e. The Morgan fingerprint density at radius 1 is 1.55 bits per heavy atom. The highest BCUT2D eigenvalue weighted by atomic mass is 16.5. The summed E-state index contributed by atoms with van der Waals surface area (Å²) in [5.74, 6) is 0.189. The van der Waals surface area contributed by atoms with Gasteiger partial charge in [-0.15, -0.1) is 6.58 Å². The summed E-state index contributed by atoms with van der Waals surface area (Å²) in [5.41, 5.74) is 5.51. The zero-order chi connectivity index (χ0) is 15.1. The van der Waals surface area contributed by atoms with Gasteiger partial charge in [-0.1, -0.05) is 19.9 Å². The Labute approximate surface area is 122 Å². The molecule has 2 fully saturated rings. The van der Waals surface area contributed by atoms with Crippen molar-refractivity contribution in [1.29, 1.82) is 0 Å². The van der Waals surface area contributed by atoms with Gasteiger partial charge in [-0.2, -0.15) is 0 Å². The molecule has 2 N–H and O–H groups in total. The third-order valence-electron chi connectivity index (χ3n) is 5.25. The lowest BCUT2D eigenvalue weighted by atomic mass is 9.46. The SMILES string of the molecule is C=CCN(C(=O)C1(N)C2CCCOC2C1(C)C)C(C)C. The van der Waals surface area contributed by atoms with Gasteiger partial charge in [-0.25, -0.2) is 0 Å². The number of carbonyl (C=O) groups excluding carboxylic acids is 1. The number of hydrogen-bond donors (Lipinski definition) is 1. The predicted octanol–water partition coefficient (Wildman–Crippen LogP) is 1.94. The Morgan fingerprint density at radius 3 is 2.75 bits per heavy atom. The van der Waals surface area contributed by atoms with Gasteiger partial charge in [0.05, 0.1) is 6.10 Å². The van der Waals surface area contributed by atoms with E-state index in [1.807, 2.05) is 18.7 Å². The first-order valence-electron chi connectivity index (χ1n) is 7.61. The van der Waals surface area contributed by atoms with Gasteiger partial charge in [0.1, 0.15) is 5.54 Å². The molecule has 1 amide bonds. The van der Waals surface area contributed by atoms with Crippen molar-refractivity contribution in [2.75, 3.05) is 13.2 Å². The van der Waals surface area contributed by atoms with Crippen molar-refractivity contribution in [2.45, 2.75) is 58.2 Å². The highest BCUT2D eigenvalue weighted by Crippen LogP contribution is 2.58. The maximum absolute atomic E-state index is 13.0. The Balaban J connectivity index is 2.28. The van der Waals surface area contributed by atoms with E-state index in [9.17, 15) is 4.79 Å². The summed E-state index contributed by atoms with van der Waals surface area (Å²) in [6.07, 6.45) is 3.85. The molecule has 3 atom stereocenters. The summed E-state index contributed by atoms with van der Waals surface area (Å²) < 4.78 is 5.87. The molecule has 1 heterocycles. The number of rotatable bonds is 4. The molecule has 2 rings (SSSR count). The van der Waals surface area contributed by atoms with E-state index in [4.69, 9.17) is 10.5 Å². The summed E-state index contributed by atoms with van der Waals surface area (Å²) in [6, 6.07) is 0.125. The minimum atomic E-state index is -0.814. The van der Waals surface area contributed by atoms with Crippen molar-refractivity contribution in [2.24, 2.45) is 17.1 Å². The smallest absolute Gasteiger partial charge is 0.244 e. The first-order valence-corrected chi connectivity index (χ1v) is 7.61. The molecule has 0 aromatic carbocycles. The molecule has 2 aliphatic rings. The van der Waals surface area contributed by atoms with Crippen LogP contribution in [0, 0.1) is 11.3 Å². The van der Waals surface area contributed by atoms with Crippen LogP contribution in [0.1, 0.15) is 40.5 Å². The molecule has 0 aromatic heterocycles. The van der Waals surface area contributed by atoms with E-state index in [1.165, 1.54) is 0 Å². The van der Waals surface area contributed by atoms with Gasteiger partial charge in [0.2, 0.25) is 5.91 Å². The third-order valence-corrected chi connectivity index (χ3v) is 5.25. The zero-order valence-electron chi connectivity index (χ0n) is 13.2. The van der Waals surface area contributed by atoms with Gasteiger partial charge in [-0.05, 0) is 26.7 Å². The molecule has 1 saturated carbocycles. The molecule has 0 radical (unpaired) electrons. The predicted molar refractivity (Wildman–Crippen MR) is 80.2 cm³/mol. The van der Waals surface area contributed by atoms with E-state index in [0.717, 1.165) is 19.4 Å². The van der Waals surface area contributed by atoms with Gasteiger partial charge in [0.15, 0.2) is 0 Å². The molecule has 4 nitrogen and oxygen atoms in total. The fourth-order valence-electron chi connectivity index (χ4n) is 3.91. The number of hydrogen-bond acceptors (Lipinski definition) is 3. The van der Waals surface area contributed by atoms with Gasteiger partial charge >= 0.3 is 0 Å². The second-order valence-electron chi connectivity index (χ2n) is 6.97. The van der Waals surface area contributed by atoms with E-state index in [1.54, 1.807) is 6.08 Å². The van der Waals surface area contributed by atoms with Crippen LogP contribution in [-0.4, -0.2) is 41.6 Å². The molecule has 20 heavy (non-hydrogen) atoms. The molecular weight excluding hydrogens is 252 g/mol. The van der Waals surface area contributed by atoms with E-state index in [-0.39, 0.29) is 29.4 Å². The van der Waals surface area contributed by atoms with Gasteiger partial charge in [-0.3, -0.25) is 4.79 Å². The van der Waals surface area contributed by atoms with Gasteiger partial charge in [0, 0.05) is 30.5 Å². The highest BCUT2D eigenvalue weighted by Gasteiger charge is 2.70. The highest BCUT2D eigenvalue weighted by molar-refractivity contribution is 5.90. The quantitative estimate of drug-likeness (QED) is 0.801. The van der Waals surface area contributed by atoms with Gasteiger partial charge in [0.25, 0.3) is 0 Å². The van der Waals surface area contributed by atoms with Crippen LogP contribution in [0.5, 0.6) is 0 Å². The average Bonchev–Trinajstić information content (AvgIpc) is 2.42. The Bertz CT molecular complexity index is 405. The summed E-state index contributed by atoms with van der Waals surface area (Å²) in [7, 11) is 0. The first-order chi connectivity index (χ1) is 9.28. The number of carbonyl (C=O) groups is 1. The van der Waals surface area contributed by atoms with E-state index in [0.29, 0.717) is 6.54 Å². The molecular formula is C16H28N2O2. The van der Waals surface area contributed by atoms with E-state index >= 15 is 0 Å². The lowest BCUT2D eigenvalue weighted by Gasteiger charge is -2.66. The van der Waals surface area contributed by atoms with Crippen molar-refractivity contribution >= 4 is 5.91 Å². The maximum Gasteiger partial charge on any atom is 0.244 e. The standard InChI is InChI=1S/C16H28N2O2/c1-6-9-18(11(2)3)14(19)16(17)12-8-7-10-20-13(12)15(16,4)5/h6,11-13H,1,7-10,17H2,2-5H3. The molecule has 4 heteroatoms. The number of amides is 1. The normalized spacial score (nSPS) is 35.1. The Morgan fingerprint density at radius 2 is 2.20 bits per heavy atom. The topological polar surface area (TPSA) is 55.6 Å². The van der Waals surface area contributed by atoms with Crippen LogP contribution < -0.4 is 5.73 Å². The molecule has 1 aliphatic carbocycles. The fraction of sp³-hybridized carbons (Fsp3) is 0.812. The largest absolute Gasteiger partial charge is 0.377 e. The summed E-state index contributed by atoms with van der Waals surface area (Å²) >= 11 is 0. The van der Waals surface area contributed by atoms with Crippen LogP contribution >= 0.6 is 0 Å². The van der Waals surface area contributed by atoms with Crippen LogP contribution in [0.3, 0.4) is 0 Å². The van der Waals surface area contributed by atoms with Crippen LogP contribution in [0.2, 0.25) is 0 Å². The molecule has 1 saturated heterocycles. The van der Waals surface area contributed by atoms with Crippen LogP contribution in [0.25, 0.3) is 0 Å². The molecule has 1 aliphatic heterocycles. The second kappa shape index (κ2) is 5.15. The minimum absolute atomic E-state index is 0.0455. The van der Waals surface area contributed by atoms with Crippen LogP contribution in [0.4, 0.5) is 0 Å². The zero-order valence-corrected chi connectivity index (χ0v) is 13.2. The monoisotopic (exact) mass is 280 g/mol. The van der Waals surface area contributed by atoms with Crippen molar-refractivity contribution in [1.82, 2.24) is 4.90 Å². The van der Waals surface area contributed by atoms with Crippen molar-refractivity contribution in [3.63, 3.8) is 0 Å². The summed E-state index contributed by atoms with van der Waals surface area (Å²) in [4.78, 5) is 14.9. The Hall–Kier alpha value is -0.870. The lowest BCUT2D eigenvalue weighted by Crippen LogP contribution is -2.82.